The van der Waals surface area contributed by atoms with Gasteiger partial charge in [-0.1, -0.05) is 13.8 Å². The lowest BCUT2D eigenvalue weighted by atomic mass is 10.3. The van der Waals surface area contributed by atoms with E-state index in [9.17, 15) is 19.0 Å². The van der Waals surface area contributed by atoms with Gasteiger partial charge in [-0.15, -0.1) is 0 Å². The number of alkyl halides is 1. The number of nitriles is 1. The van der Waals surface area contributed by atoms with Crippen molar-refractivity contribution in [1.82, 2.24) is 14.5 Å². The molecule has 10 heteroatoms. The molecule has 0 radical (unpaired) electrons. The number of nitrogen functional groups attached to an aromatic ring is 1. The van der Waals surface area contributed by atoms with Crippen molar-refractivity contribution in [3.63, 3.8) is 0 Å². The number of ether oxygens (including phenoxy) is 1. The summed E-state index contributed by atoms with van der Waals surface area (Å²) < 4.78 is 32.7. The van der Waals surface area contributed by atoms with Crippen LogP contribution in [0.4, 0.5) is 10.3 Å². The molecule has 25 heavy (non-hydrogen) atoms. The second-order valence-corrected chi connectivity index (χ2v) is 9.36. The number of nitrogens with one attached hydrogen (secondary N) is 1. The van der Waals surface area contributed by atoms with E-state index in [1.54, 1.807) is 0 Å². The van der Waals surface area contributed by atoms with E-state index in [1.807, 2.05) is 19.9 Å². The van der Waals surface area contributed by atoms with E-state index in [0.717, 1.165) is 0 Å². The maximum atomic E-state index is 13.4. The summed E-state index contributed by atoms with van der Waals surface area (Å²) in [6, 6.07) is 1.92. The van der Waals surface area contributed by atoms with Gasteiger partial charge in [0.25, 0.3) is 5.56 Å². The Kier molecular flexibility index (Phi) is 5.98. The minimum atomic E-state index is -2.46. The summed E-state index contributed by atoms with van der Waals surface area (Å²) in [4.78, 5) is 18.4. The Hall–Kier alpha value is -2.17. The fourth-order valence-electron chi connectivity index (χ4n) is 2.45. The van der Waals surface area contributed by atoms with Gasteiger partial charge in [-0.3, -0.25) is 9.78 Å². The number of hydrogen-bond donors (Lipinski definition) is 2. The molecule has 3 N–H and O–H groups in total. The normalized spacial score (nSPS) is 13.0. The molecule has 2 rings (SSSR count). The lowest BCUT2D eigenvalue weighted by molar-refractivity contribution is 0.0522. The zero-order valence-electron chi connectivity index (χ0n) is 14.2. The predicted molar refractivity (Wildman–Crippen MR) is 93.9 cm³/mol. The molecule has 2 aromatic heterocycles. The quantitative estimate of drug-likeness (QED) is 0.684. The fraction of sp³-hybridized carbons (Fsp3) is 0.533. The van der Waals surface area contributed by atoms with Gasteiger partial charge in [0, 0.05) is 18.5 Å². The zero-order valence-corrected chi connectivity index (χ0v) is 15.1. The van der Waals surface area contributed by atoms with E-state index < -0.39 is 25.5 Å². The molecule has 0 fully saturated rings. The highest BCUT2D eigenvalue weighted by atomic mass is 31.2. The maximum absolute atomic E-state index is 13.4. The second-order valence-electron chi connectivity index (χ2n) is 5.72. The highest BCUT2D eigenvalue weighted by molar-refractivity contribution is 7.63. The third-order valence-corrected chi connectivity index (χ3v) is 7.06. The number of H-pyrrole nitrogens is 1. The van der Waals surface area contributed by atoms with Crippen molar-refractivity contribution in [2.75, 3.05) is 31.1 Å². The molecule has 0 aliphatic carbocycles. The Morgan fingerprint density at radius 1 is 1.52 bits per heavy atom. The van der Waals surface area contributed by atoms with E-state index in [4.69, 9.17) is 10.5 Å². The molecule has 2 heterocycles. The molecule has 0 aromatic carbocycles. The Morgan fingerprint density at radius 3 is 2.76 bits per heavy atom. The number of hydrogen-bond acceptors (Lipinski definition) is 6. The van der Waals surface area contributed by atoms with Gasteiger partial charge in [0.05, 0.1) is 12.1 Å². The summed E-state index contributed by atoms with van der Waals surface area (Å²) in [6.07, 6.45) is 1.52. The van der Waals surface area contributed by atoms with Gasteiger partial charge in [-0.25, -0.2) is 4.39 Å². The summed E-state index contributed by atoms with van der Waals surface area (Å²) in [7, 11) is -2.46. The molecule has 136 valence electrons. The van der Waals surface area contributed by atoms with Crippen molar-refractivity contribution < 1.29 is 13.7 Å². The summed E-state index contributed by atoms with van der Waals surface area (Å²) >= 11 is 0. The average molecular weight is 369 g/mol. The molecule has 0 aliphatic rings. The van der Waals surface area contributed by atoms with Crippen LogP contribution in [0.2, 0.25) is 0 Å². The van der Waals surface area contributed by atoms with Crippen LogP contribution >= 0.6 is 7.14 Å². The average Bonchev–Trinajstić information content (AvgIpc) is 2.96. The van der Waals surface area contributed by atoms with Crippen LogP contribution in [0.1, 0.15) is 19.4 Å². The minimum Gasteiger partial charge on any atom is -0.369 e. The number of nitrogens with zero attached hydrogens (tertiary/aromatic N) is 3. The number of anilines is 1. The largest absolute Gasteiger partial charge is 0.369 e. The van der Waals surface area contributed by atoms with Crippen molar-refractivity contribution in [3.05, 3.63) is 22.1 Å². The third kappa shape index (κ3) is 4.09. The van der Waals surface area contributed by atoms with Crippen LogP contribution in [0.3, 0.4) is 0 Å². The number of aromatic amines is 1. The second kappa shape index (κ2) is 7.81. The van der Waals surface area contributed by atoms with Crippen LogP contribution in [0, 0.1) is 11.3 Å². The molecular formula is C15H21FN5O3P. The van der Waals surface area contributed by atoms with Gasteiger partial charge in [-0.05, 0) is 0 Å². The Morgan fingerprint density at radius 2 is 2.20 bits per heavy atom. The molecule has 2 aromatic rings. The van der Waals surface area contributed by atoms with Crippen LogP contribution < -0.4 is 11.3 Å². The highest BCUT2D eigenvalue weighted by Gasteiger charge is 2.22. The summed E-state index contributed by atoms with van der Waals surface area (Å²) in [5.41, 5.74) is 5.33. The van der Waals surface area contributed by atoms with Crippen LogP contribution in [0.5, 0.6) is 0 Å². The SMILES string of the molecule is CCP(=O)(CC)CO[C@H](CF)Cn1cc(C#N)c2c(=O)[nH]c(N)nc21. The molecule has 1 atom stereocenters. The van der Waals surface area contributed by atoms with E-state index in [2.05, 4.69) is 9.97 Å². The number of rotatable bonds is 8. The Balaban J connectivity index is 2.31. The topological polar surface area (TPSA) is 127 Å². The Labute approximate surface area is 144 Å². The lowest BCUT2D eigenvalue weighted by Crippen LogP contribution is -2.23. The van der Waals surface area contributed by atoms with Crippen LogP contribution in [0.15, 0.2) is 11.0 Å². The number of fused-ring (bicyclic) bond motifs is 1. The van der Waals surface area contributed by atoms with Gasteiger partial charge in [0.1, 0.15) is 37.7 Å². The van der Waals surface area contributed by atoms with Gasteiger partial charge >= 0.3 is 0 Å². The van der Waals surface area contributed by atoms with Gasteiger partial charge in [0.2, 0.25) is 5.95 Å². The van der Waals surface area contributed by atoms with Gasteiger partial charge < -0.3 is 19.6 Å². The molecule has 0 amide bonds. The monoisotopic (exact) mass is 369 g/mol. The maximum Gasteiger partial charge on any atom is 0.263 e. The van der Waals surface area contributed by atoms with Crippen LogP contribution in [-0.2, 0) is 15.8 Å². The van der Waals surface area contributed by atoms with Crippen molar-refractivity contribution in [2.24, 2.45) is 0 Å². The van der Waals surface area contributed by atoms with Crippen molar-refractivity contribution >= 4 is 24.1 Å². The fourth-order valence-corrected chi connectivity index (χ4v) is 3.74. The lowest BCUT2D eigenvalue weighted by Gasteiger charge is -2.20. The van der Waals surface area contributed by atoms with Crippen molar-refractivity contribution in [3.8, 4) is 6.07 Å². The summed E-state index contributed by atoms with van der Waals surface area (Å²) in [6.45, 7) is 2.86. The number of halogens is 1. The van der Waals surface area contributed by atoms with E-state index in [-0.39, 0.29) is 35.4 Å². The first-order valence-corrected chi connectivity index (χ1v) is 10.2. The minimum absolute atomic E-state index is 0.00491. The standard InChI is InChI=1S/C15H21FN5O3P/c1-3-25(23,4-2)9-24-11(5-16)8-21-7-10(6-17)12-13(21)19-15(18)20-14(12)22/h7,11H,3-5,8-9H2,1-2H3,(H3,18,19,20,22)/t11-/m1/s1. The van der Waals surface area contributed by atoms with Crippen molar-refractivity contribution in [2.45, 2.75) is 26.5 Å². The smallest absolute Gasteiger partial charge is 0.263 e. The van der Waals surface area contributed by atoms with E-state index in [0.29, 0.717) is 12.3 Å². The van der Waals surface area contributed by atoms with Crippen molar-refractivity contribution in [1.29, 1.82) is 5.26 Å². The first-order chi connectivity index (χ1) is 11.9. The summed E-state index contributed by atoms with van der Waals surface area (Å²) in [5, 5.41) is 9.29. The first-order valence-electron chi connectivity index (χ1n) is 7.90. The number of nitrogens with two attached hydrogens (primary N) is 1. The summed E-state index contributed by atoms with van der Waals surface area (Å²) in [5.74, 6) is -0.0967. The molecule has 0 aliphatic heterocycles. The van der Waals surface area contributed by atoms with E-state index >= 15 is 0 Å². The third-order valence-electron chi connectivity index (χ3n) is 4.14. The molecule has 0 unspecified atom stereocenters. The van der Waals surface area contributed by atoms with Crippen LogP contribution in [-0.4, -0.2) is 46.0 Å². The molecule has 8 nitrogen and oxygen atoms in total. The van der Waals surface area contributed by atoms with E-state index in [1.165, 1.54) is 10.8 Å². The molecular weight excluding hydrogens is 348 g/mol. The zero-order chi connectivity index (χ0) is 18.6. The predicted octanol–water partition coefficient (Wildman–Crippen LogP) is 1.89. The van der Waals surface area contributed by atoms with Gasteiger partial charge in [0.15, 0.2) is 5.65 Å². The molecule has 0 spiro atoms. The Bertz CT molecular complexity index is 893. The van der Waals surface area contributed by atoms with Crippen LogP contribution in [0.25, 0.3) is 11.0 Å². The first kappa shape index (κ1) is 19.2. The molecule has 0 saturated heterocycles. The van der Waals surface area contributed by atoms with Gasteiger partial charge in [-0.2, -0.15) is 10.2 Å². The molecule has 0 bridgehead atoms. The number of aromatic nitrogens is 3. The molecule has 0 saturated carbocycles. The highest BCUT2D eigenvalue weighted by Crippen LogP contribution is 2.44.